The van der Waals surface area contributed by atoms with Gasteiger partial charge in [0.05, 0.1) is 18.7 Å². The molecule has 0 atom stereocenters. The van der Waals surface area contributed by atoms with Gasteiger partial charge in [-0.2, -0.15) is 13.2 Å². The number of rotatable bonds is 4. The lowest BCUT2D eigenvalue weighted by Gasteiger charge is -2.15. The molecular weight excluding hydrogens is 245 g/mol. The standard InChI is InChI=1S/C9H10F5N3/c10-8(11,4-15)5-17-7-2-1-6(3-16-7)9(12,13)14/h1-3H,4-5,15H2,(H,16,17). The van der Waals surface area contributed by atoms with Crippen LogP contribution in [0.2, 0.25) is 0 Å². The van der Waals surface area contributed by atoms with Gasteiger partial charge in [0.25, 0.3) is 5.92 Å². The third kappa shape index (κ3) is 4.14. The summed E-state index contributed by atoms with van der Waals surface area (Å²) in [7, 11) is 0. The van der Waals surface area contributed by atoms with Crippen LogP contribution in [0.4, 0.5) is 27.8 Å². The first-order valence-electron chi connectivity index (χ1n) is 4.59. The number of pyridine rings is 1. The minimum Gasteiger partial charge on any atom is -0.364 e. The van der Waals surface area contributed by atoms with Crippen molar-refractivity contribution in [2.45, 2.75) is 12.1 Å². The molecule has 0 radical (unpaired) electrons. The fourth-order valence-electron chi connectivity index (χ4n) is 0.958. The number of halogens is 5. The molecule has 0 bridgehead atoms. The Morgan fingerprint density at radius 2 is 1.82 bits per heavy atom. The van der Waals surface area contributed by atoms with Crippen LogP contribution in [0, 0.1) is 0 Å². The highest BCUT2D eigenvalue weighted by atomic mass is 19.4. The van der Waals surface area contributed by atoms with Gasteiger partial charge in [-0.1, -0.05) is 0 Å². The van der Waals surface area contributed by atoms with Crippen molar-refractivity contribution in [2.75, 3.05) is 18.4 Å². The van der Waals surface area contributed by atoms with E-state index >= 15 is 0 Å². The summed E-state index contributed by atoms with van der Waals surface area (Å²) in [5.41, 5.74) is 3.86. The predicted octanol–water partition coefficient (Wildman–Crippen LogP) is 2.11. The number of alkyl halides is 5. The van der Waals surface area contributed by atoms with Gasteiger partial charge >= 0.3 is 6.18 Å². The Morgan fingerprint density at radius 3 is 2.24 bits per heavy atom. The van der Waals surface area contributed by atoms with Gasteiger partial charge in [0, 0.05) is 6.20 Å². The zero-order valence-electron chi connectivity index (χ0n) is 8.56. The quantitative estimate of drug-likeness (QED) is 0.810. The first-order valence-corrected chi connectivity index (χ1v) is 4.59. The van der Waals surface area contributed by atoms with Gasteiger partial charge in [-0.15, -0.1) is 0 Å². The van der Waals surface area contributed by atoms with Crippen LogP contribution in [0.5, 0.6) is 0 Å². The lowest BCUT2D eigenvalue weighted by Crippen LogP contribution is -2.35. The average molecular weight is 255 g/mol. The van der Waals surface area contributed by atoms with Crippen LogP contribution in [-0.2, 0) is 6.18 Å². The Kier molecular flexibility index (Phi) is 3.87. The van der Waals surface area contributed by atoms with Gasteiger partial charge < -0.3 is 11.1 Å². The molecule has 0 aromatic carbocycles. The van der Waals surface area contributed by atoms with Crippen LogP contribution in [0.15, 0.2) is 18.3 Å². The van der Waals surface area contributed by atoms with Gasteiger partial charge in [0.2, 0.25) is 0 Å². The number of nitrogens with one attached hydrogen (secondary N) is 1. The number of nitrogens with two attached hydrogens (primary N) is 1. The fourth-order valence-corrected chi connectivity index (χ4v) is 0.958. The van der Waals surface area contributed by atoms with E-state index in [2.05, 4.69) is 10.3 Å². The topological polar surface area (TPSA) is 50.9 Å². The molecule has 8 heteroatoms. The van der Waals surface area contributed by atoms with E-state index in [0.717, 1.165) is 12.1 Å². The molecule has 0 saturated heterocycles. The molecular formula is C9H10F5N3. The van der Waals surface area contributed by atoms with E-state index in [1.807, 2.05) is 0 Å². The summed E-state index contributed by atoms with van der Waals surface area (Å²) in [5, 5.41) is 2.21. The first kappa shape index (κ1) is 13.6. The minimum absolute atomic E-state index is 0.0638. The normalized spacial score (nSPS) is 12.6. The zero-order valence-corrected chi connectivity index (χ0v) is 8.56. The lowest BCUT2D eigenvalue weighted by molar-refractivity contribution is -0.137. The maximum atomic E-state index is 12.7. The second-order valence-corrected chi connectivity index (χ2v) is 3.34. The van der Waals surface area contributed by atoms with E-state index in [-0.39, 0.29) is 5.82 Å². The summed E-state index contributed by atoms with van der Waals surface area (Å²) in [4.78, 5) is 3.38. The molecule has 0 amide bonds. The Labute approximate surface area is 93.8 Å². The van der Waals surface area contributed by atoms with Crippen molar-refractivity contribution in [3.05, 3.63) is 23.9 Å². The third-order valence-electron chi connectivity index (χ3n) is 1.92. The van der Waals surface area contributed by atoms with E-state index in [9.17, 15) is 22.0 Å². The summed E-state index contributed by atoms with van der Waals surface area (Å²) >= 11 is 0. The van der Waals surface area contributed by atoms with E-state index in [4.69, 9.17) is 5.73 Å². The van der Waals surface area contributed by atoms with Crippen LogP contribution in [0.3, 0.4) is 0 Å². The molecule has 0 aliphatic carbocycles. The van der Waals surface area contributed by atoms with Crippen LogP contribution < -0.4 is 11.1 Å². The number of hydrogen-bond donors (Lipinski definition) is 2. The number of nitrogens with zero attached hydrogens (tertiary/aromatic N) is 1. The Balaban J connectivity index is 2.64. The van der Waals surface area contributed by atoms with Crippen molar-refractivity contribution in [3.8, 4) is 0 Å². The number of aromatic nitrogens is 1. The molecule has 0 spiro atoms. The molecule has 1 aromatic heterocycles. The monoisotopic (exact) mass is 255 g/mol. The highest BCUT2D eigenvalue weighted by Crippen LogP contribution is 2.28. The largest absolute Gasteiger partial charge is 0.417 e. The van der Waals surface area contributed by atoms with Gasteiger partial charge in [0.1, 0.15) is 5.82 Å². The minimum atomic E-state index is -4.49. The molecule has 1 rings (SSSR count). The summed E-state index contributed by atoms with van der Waals surface area (Å²) in [6.45, 7) is -1.62. The van der Waals surface area contributed by atoms with Crippen LogP contribution in [0.1, 0.15) is 5.56 Å². The van der Waals surface area contributed by atoms with Crippen molar-refractivity contribution in [3.63, 3.8) is 0 Å². The molecule has 17 heavy (non-hydrogen) atoms. The van der Waals surface area contributed by atoms with Gasteiger partial charge in [0.15, 0.2) is 0 Å². The molecule has 3 nitrogen and oxygen atoms in total. The molecule has 1 aromatic rings. The van der Waals surface area contributed by atoms with Crippen molar-refractivity contribution >= 4 is 5.82 Å². The van der Waals surface area contributed by atoms with Crippen molar-refractivity contribution in [2.24, 2.45) is 5.73 Å². The van der Waals surface area contributed by atoms with Gasteiger partial charge in [-0.3, -0.25) is 0 Å². The Bertz CT molecular complexity index is 360. The SMILES string of the molecule is NCC(F)(F)CNc1ccc(C(F)(F)F)cn1. The van der Waals surface area contributed by atoms with Crippen LogP contribution in [-0.4, -0.2) is 24.0 Å². The molecule has 96 valence electrons. The molecule has 3 N–H and O–H groups in total. The van der Waals surface area contributed by atoms with E-state index in [0.29, 0.717) is 6.20 Å². The molecule has 0 saturated carbocycles. The number of anilines is 1. The molecule has 0 unspecified atom stereocenters. The van der Waals surface area contributed by atoms with Gasteiger partial charge in [-0.25, -0.2) is 13.8 Å². The maximum absolute atomic E-state index is 12.7. The van der Waals surface area contributed by atoms with Crippen molar-refractivity contribution in [1.29, 1.82) is 0 Å². The first-order chi connectivity index (χ1) is 7.74. The number of hydrogen-bond acceptors (Lipinski definition) is 3. The average Bonchev–Trinajstić information content (AvgIpc) is 2.26. The van der Waals surface area contributed by atoms with E-state index < -0.39 is 30.8 Å². The maximum Gasteiger partial charge on any atom is 0.417 e. The highest BCUT2D eigenvalue weighted by Gasteiger charge is 2.31. The van der Waals surface area contributed by atoms with Crippen molar-refractivity contribution < 1.29 is 22.0 Å². The van der Waals surface area contributed by atoms with Gasteiger partial charge in [-0.05, 0) is 12.1 Å². The molecule has 0 fully saturated rings. The molecule has 1 heterocycles. The Morgan fingerprint density at radius 1 is 1.18 bits per heavy atom. The lowest BCUT2D eigenvalue weighted by atomic mass is 10.2. The summed E-state index contributed by atoms with van der Waals surface area (Å²) in [5.74, 6) is -3.18. The molecule has 0 aliphatic rings. The second-order valence-electron chi connectivity index (χ2n) is 3.34. The second kappa shape index (κ2) is 4.82. The van der Waals surface area contributed by atoms with Crippen molar-refractivity contribution in [1.82, 2.24) is 4.98 Å². The highest BCUT2D eigenvalue weighted by molar-refractivity contribution is 5.36. The summed E-state index contributed by atoms with van der Waals surface area (Å²) < 4.78 is 61.9. The molecule has 0 aliphatic heterocycles. The van der Waals surface area contributed by atoms with Crippen LogP contribution in [0.25, 0.3) is 0 Å². The van der Waals surface area contributed by atoms with E-state index in [1.54, 1.807) is 0 Å². The third-order valence-corrected chi connectivity index (χ3v) is 1.92. The zero-order chi connectivity index (χ0) is 13.1. The van der Waals surface area contributed by atoms with E-state index in [1.165, 1.54) is 0 Å². The smallest absolute Gasteiger partial charge is 0.364 e. The predicted molar refractivity (Wildman–Crippen MR) is 51.7 cm³/mol. The summed E-state index contributed by atoms with van der Waals surface area (Å²) in [6.07, 6.45) is -3.92. The van der Waals surface area contributed by atoms with Crippen LogP contribution >= 0.6 is 0 Å². The fraction of sp³-hybridized carbons (Fsp3) is 0.444. The summed E-state index contributed by atoms with van der Waals surface area (Å²) in [6, 6.07) is 1.74. The Hall–Kier alpha value is -1.44.